The first-order valence-electron chi connectivity index (χ1n) is 0. The van der Waals surface area contributed by atoms with Gasteiger partial charge in [-0.3, -0.25) is 0 Å². The summed E-state index contributed by atoms with van der Waals surface area (Å²) in [6.07, 6.45) is 0. The molecule has 0 aliphatic heterocycles. The Kier molecular flexibility index (Phi) is 98.7. The van der Waals surface area contributed by atoms with E-state index in [9.17, 15) is 0 Å². The van der Waals surface area contributed by atoms with E-state index >= 15 is 0 Å². The molecule has 0 bridgehead atoms. The number of rotatable bonds is 0. The Morgan fingerprint density at radius 1 is 1.00 bits per heavy atom. The molecule has 4 heteroatoms. The molecule has 0 spiro atoms. The standard InChI is InChI=1S/Ba.Ca.Mg.Si. The van der Waals surface area contributed by atoms with Gasteiger partial charge < -0.3 is 0 Å². The van der Waals surface area contributed by atoms with Crippen LogP contribution in [0.4, 0.5) is 0 Å². The van der Waals surface area contributed by atoms with Crippen molar-refractivity contribution in [3.05, 3.63) is 0 Å². The zero-order valence-electron chi connectivity index (χ0n) is 2.62. The van der Waals surface area contributed by atoms with Crippen LogP contribution in [0.5, 0.6) is 0 Å². The molecule has 0 fully saturated rings. The minimum Gasteiger partial charge on any atom is 0 e. The van der Waals surface area contributed by atoms with Crippen molar-refractivity contribution in [3.63, 3.8) is 0 Å². The first-order chi connectivity index (χ1) is 0. The molecule has 0 unspecified atom stereocenters. The fourth-order valence-corrected chi connectivity index (χ4v) is 0. The second-order valence-electron chi connectivity index (χ2n) is 0. The minimum absolute atomic E-state index is 0. The molecule has 0 rings (SSSR count). The van der Waals surface area contributed by atoms with Crippen LogP contribution in [-0.4, -0.2) is 121 Å². The zero-order chi connectivity index (χ0) is 0. The van der Waals surface area contributed by atoms with Gasteiger partial charge in [0.25, 0.3) is 0 Å². The fraction of sp³-hybridized carbons (Fsp3) is 0. The van der Waals surface area contributed by atoms with Gasteiger partial charge in [-0.05, 0) is 0 Å². The number of hydrogen-bond acceptors (Lipinski definition) is 0. The van der Waals surface area contributed by atoms with Crippen molar-refractivity contribution in [3.8, 4) is 0 Å². The van der Waals surface area contributed by atoms with Crippen molar-refractivity contribution in [1.29, 1.82) is 0 Å². The molecular formula is BaCaMgSi. The van der Waals surface area contributed by atoms with E-state index in [1.807, 2.05) is 0 Å². The van der Waals surface area contributed by atoms with E-state index in [2.05, 4.69) is 0 Å². The molecule has 4 heavy (non-hydrogen) atoms. The van der Waals surface area contributed by atoms with Gasteiger partial charge in [0.1, 0.15) is 0 Å². The molecule has 0 saturated heterocycles. The van der Waals surface area contributed by atoms with E-state index < -0.39 is 0 Å². The smallest absolute Gasteiger partial charge is 0 e. The molecule has 0 N–H and O–H groups in total. The van der Waals surface area contributed by atoms with Gasteiger partial charge in [-0.15, -0.1) is 0 Å². The van der Waals surface area contributed by atoms with Gasteiger partial charge in [0, 0.05) is 121 Å². The van der Waals surface area contributed by atoms with E-state index in [4.69, 9.17) is 0 Å². The molecule has 10 valence electrons. The maximum absolute atomic E-state index is 0. The maximum atomic E-state index is 0. The monoisotopic (exact) mass is 230 g/mol. The minimum atomic E-state index is 0. The molecule has 0 aromatic carbocycles. The first-order valence-corrected chi connectivity index (χ1v) is 0. The number of hydrogen-bond donors (Lipinski definition) is 0. The van der Waals surface area contributed by atoms with Crippen molar-refractivity contribution < 1.29 is 0 Å². The Morgan fingerprint density at radius 2 is 1.00 bits per heavy atom. The molecule has 0 aromatic rings. The molecule has 0 heterocycles. The predicted octanol–water partition coefficient (Wildman–Crippen LogP) is -1.52. The van der Waals surface area contributed by atoms with Gasteiger partial charge in [0.15, 0.2) is 0 Å². The summed E-state index contributed by atoms with van der Waals surface area (Å²) in [5.41, 5.74) is 0. The van der Waals surface area contributed by atoms with Crippen LogP contribution in [0.1, 0.15) is 0 Å². The van der Waals surface area contributed by atoms with Gasteiger partial charge in [-0.1, -0.05) is 0 Å². The molecule has 0 aliphatic rings. The second kappa shape index (κ2) is 15.8. The van der Waals surface area contributed by atoms with E-state index in [1.54, 1.807) is 0 Å². The molecule has 0 aliphatic carbocycles. The van der Waals surface area contributed by atoms with Gasteiger partial charge >= 0.3 is 0 Å². The van der Waals surface area contributed by atoms with Crippen LogP contribution in [0.3, 0.4) is 0 Å². The van der Waals surface area contributed by atoms with Crippen molar-refractivity contribution >= 4 is 121 Å². The van der Waals surface area contributed by atoms with Crippen molar-refractivity contribution in [2.75, 3.05) is 0 Å². The van der Waals surface area contributed by atoms with E-state index in [0.29, 0.717) is 0 Å². The molecule has 0 nitrogen and oxygen atoms in total. The van der Waals surface area contributed by atoms with Crippen LogP contribution in [-0.2, 0) is 0 Å². The average Bonchev–Trinajstić information content (AvgIpc) is 0. The fourth-order valence-electron chi connectivity index (χ4n) is 0. The summed E-state index contributed by atoms with van der Waals surface area (Å²) in [7, 11) is 0. The average molecular weight is 230 g/mol. The summed E-state index contributed by atoms with van der Waals surface area (Å²) in [4.78, 5) is 0. The summed E-state index contributed by atoms with van der Waals surface area (Å²) in [5, 5.41) is 0. The topological polar surface area (TPSA) is 0 Å². The summed E-state index contributed by atoms with van der Waals surface area (Å²) in [5.74, 6) is 0. The zero-order valence-corrected chi connectivity index (χ0v) is 11.7. The van der Waals surface area contributed by atoms with Gasteiger partial charge in [-0.25, -0.2) is 0 Å². The third-order valence-electron chi connectivity index (χ3n) is 0. The van der Waals surface area contributed by atoms with Crippen LogP contribution >= 0.6 is 0 Å². The maximum Gasteiger partial charge on any atom is 0 e. The van der Waals surface area contributed by atoms with Gasteiger partial charge in [0.05, 0.1) is 0 Å². The molecule has 0 atom stereocenters. The second-order valence-corrected chi connectivity index (χ2v) is 0. The predicted molar refractivity (Wildman–Crippen MR) is 23.0 cm³/mol. The molecule has 0 aromatic heterocycles. The SMILES string of the molecule is [Ba].[Ca].[Mg].[Si]. The van der Waals surface area contributed by atoms with Gasteiger partial charge in [0.2, 0.25) is 0 Å². The molecule has 0 saturated carbocycles. The van der Waals surface area contributed by atoms with E-state index in [1.165, 1.54) is 0 Å². The molecule has 0 amide bonds. The normalized spacial score (nSPS) is 0. The summed E-state index contributed by atoms with van der Waals surface area (Å²) in [6.45, 7) is 0. The van der Waals surface area contributed by atoms with Crippen molar-refractivity contribution in [2.24, 2.45) is 0 Å². The van der Waals surface area contributed by atoms with Gasteiger partial charge in [-0.2, -0.15) is 0 Å². The molecular weight excluding hydrogens is 230 g/mol. The first kappa shape index (κ1) is 24.9. The van der Waals surface area contributed by atoms with Crippen LogP contribution in [0.15, 0.2) is 0 Å². The quantitative estimate of drug-likeness (QED) is 0.443. The van der Waals surface area contributed by atoms with Crippen LogP contribution < -0.4 is 0 Å². The largest absolute Gasteiger partial charge is 0 e. The Morgan fingerprint density at radius 3 is 1.00 bits per heavy atom. The summed E-state index contributed by atoms with van der Waals surface area (Å²) in [6, 6.07) is 0. The Labute approximate surface area is 117 Å². The Bertz CT molecular complexity index is 8.00. The Balaban J connectivity index is 0. The molecule has 10 radical (unpaired) electrons. The van der Waals surface area contributed by atoms with E-state index in [0.717, 1.165) is 0 Å². The third-order valence-corrected chi connectivity index (χ3v) is 0. The third kappa shape index (κ3) is 9.26. The van der Waals surface area contributed by atoms with E-state index in [-0.39, 0.29) is 121 Å². The van der Waals surface area contributed by atoms with Crippen LogP contribution in [0, 0.1) is 0 Å². The Hall–Kier alpha value is 3.81. The summed E-state index contributed by atoms with van der Waals surface area (Å²) < 4.78 is 0. The summed E-state index contributed by atoms with van der Waals surface area (Å²) >= 11 is 0. The van der Waals surface area contributed by atoms with Crippen molar-refractivity contribution in [2.45, 2.75) is 0 Å². The van der Waals surface area contributed by atoms with Crippen molar-refractivity contribution in [1.82, 2.24) is 0 Å². The van der Waals surface area contributed by atoms with Crippen LogP contribution in [0.2, 0.25) is 0 Å². The van der Waals surface area contributed by atoms with Crippen LogP contribution in [0.25, 0.3) is 0 Å².